The van der Waals surface area contributed by atoms with Gasteiger partial charge in [0.2, 0.25) is 11.7 Å². The second-order valence-corrected chi connectivity index (χ2v) is 7.40. The Balaban J connectivity index is 1.69. The number of rotatable bonds is 5. The fourth-order valence-corrected chi connectivity index (χ4v) is 4.09. The van der Waals surface area contributed by atoms with E-state index in [1.807, 2.05) is 48.5 Å². The highest BCUT2D eigenvalue weighted by Gasteiger charge is 2.25. The topological polar surface area (TPSA) is 71.1 Å². The maximum atomic E-state index is 13.0. The predicted molar refractivity (Wildman–Crippen MR) is 107 cm³/mol. The molecule has 3 aromatic rings. The van der Waals surface area contributed by atoms with E-state index in [-0.39, 0.29) is 17.7 Å². The molecule has 2 heterocycles. The van der Waals surface area contributed by atoms with Gasteiger partial charge >= 0.3 is 0 Å². The molecule has 1 aliphatic heterocycles. The number of hydrogen-bond donors (Lipinski definition) is 2. The van der Waals surface area contributed by atoms with Gasteiger partial charge in [-0.3, -0.25) is 9.59 Å². The molecular formula is C21H19N3O2S. The van der Waals surface area contributed by atoms with Crippen molar-refractivity contribution in [1.29, 1.82) is 0 Å². The van der Waals surface area contributed by atoms with Crippen LogP contribution in [0.3, 0.4) is 0 Å². The molecule has 0 bridgehead atoms. The molecular weight excluding hydrogens is 358 g/mol. The van der Waals surface area contributed by atoms with Crippen LogP contribution in [0.4, 0.5) is 5.13 Å². The molecule has 4 rings (SSSR count). The van der Waals surface area contributed by atoms with Crippen LogP contribution in [0.25, 0.3) is 11.3 Å². The summed E-state index contributed by atoms with van der Waals surface area (Å²) >= 11 is 1.22. The van der Waals surface area contributed by atoms with Gasteiger partial charge in [-0.25, -0.2) is 4.98 Å². The van der Waals surface area contributed by atoms with Crippen molar-refractivity contribution in [3.8, 4) is 11.3 Å². The second-order valence-electron chi connectivity index (χ2n) is 6.40. The van der Waals surface area contributed by atoms with Gasteiger partial charge in [-0.1, -0.05) is 72.0 Å². The fourth-order valence-electron chi connectivity index (χ4n) is 3.14. The number of ketones is 1. The number of benzene rings is 2. The van der Waals surface area contributed by atoms with Crippen molar-refractivity contribution < 1.29 is 9.59 Å². The Morgan fingerprint density at radius 1 is 1.04 bits per heavy atom. The average molecular weight is 377 g/mol. The molecule has 0 radical (unpaired) electrons. The third-order valence-electron chi connectivity index (χ3n) is 4.52. The molecule has 6 heteroatoms. The van der Waals surface area contributed by atoms with Gasteiger partial charge in [0.05, 0.1) is 11.7 Å². The molecule has 27 heavy (non-hydrogen) atoms. The van der Waals surface area contributed by atoms with Crippen molar-refractivity contribution >= 4 is 28.2 Å². The minimum atomic E-state index is -0.192. The van der Waals surface area contributed by atoms with Crippen LogP contribution in [0.2, 0.25) is 0 Å². The van der Waals surface area contributed by atoms with E-state index in [1.54, 1.807) is 12.1 Å². The molecule has 2 N–H and O–H groups in total. The Morgan fingerprint density at radius 3 is 2.41 bits per heavy atom. The fraction of sp³-hybridized carbons (Fsp3) is 0.190. The zero-order valence-electron chi connectivity index (χ0n) is 14.6. The van der Waals surface area contributed by atoms with Crippen molar-refractivity contribution in [1.82, 2.24) is 10.3 Å². The Bertz CT molecular complexity index is 948. The molecule has 1 aromatic heterocycles. The Kier molecular flexibility index (Phi) is 5.09. The van der Waals surface area contributed by atoms with Gasteiger partial charge in [0.25, 0.3) is 0 Å². The van der Waals surface area contributed by atoms with Gasteiger partial charge in [0.15, 0.2) is 5.13 Å². The SMILES string of the molecule is O=C(c1ccccc1)c1sc(NC(=O)[C@@H]2CCCN2)nc1-c1ccccc1. The standard InChI is InChI=1S/C21H19N3O2S/c25-18(15-10-5-2-6-11-15)19-17(14-8-3-1-4-9-14)23-21(27-19)24-20(26)16-12-7-13-22-16/h1-6,8-11,16,22H,7,12-13H2,(H,23,24,26)/t16-/m0/s1. The van der Waals surface area contributed by atoms with Crippen LogP contribution in [0.5, 0.6) is 0 Å². The maximum absolute atomic E-state index is 13.0. The predicted octanol–water partition coefficient (Wildman–Crippen LogP) is 3.73. The summed E-state index contributed by atoms with van der Waals surface area (Å²) in [5, 5.41) is 6.50. The molecule has 1 fully saturated rings. The lowest BCUT2D eigenvalue weighted by molar-refractivity contribution is -0.117. The molecule has 1 amide bonds. The summed E-state index contributed by atoms with van der Waals surface area (Å²) in [5.41, 5.74) is 2.06. The first-order valence-electron chi connectivity index (χ1n) is 8.92. The van der Waals surface area contributed by atoms with Crippen LogP contribution in [-0.2, 0) is 4.79 Å². The average Bonchev–Trinajstić information content (AvgIpc) is 3.39. The highest BCUT2D eigenvalue weighted by Crippen LogP contribution is 2.33. The van der Waals surface area contributed by atoms with Gasteiger partial charge in [0, 0.05) is 11.1 Å². The lowest BCUT2D eigenvalue weighted by atomic mass is 10.1. The monoisotopic (exact) mass is 377 g/mol. The molecule has 1 aliphatic rings. The van der Waals surface area contributed by atoms with Gasteiger partial charge < -0.3 is 10.6 Å². The number of hydrogen-bond acceptors (Lipinski definition) is 5. The summed E-state index contributed by atoms with van der Waals surface area (Å²) in [6.45, 7) is 0.850. The smallest absolute Gasteiger partial charge is 0.243 e. The van der Waals surface area contributed by atoms with Gasteiger partial charge in [-0.15, -0.1) is 0 Å². The van der Waals surface area contributed by atoms with Crippen molar-refractivity contribution in [2.24, 2.45) is 0 Å². The summed E-state index contributed by atoms with van der Waals surface area (Å²) in [6.07, 6.45) is 1.81. The summed E-state index contributed by atoms with van der Waals surface area (Å²) in [5.74, 6) is -0.189. The Hall–Kier alpha value is -2.83. The van der Waals surface area contributed by atoms with E-state index >= 15 is 0 Å². The lowest BCUT2D eigenvalue weighted by Crippen LogP contribution is -2.35. The van der Waals surface area contributed by atoms with E-state index in [9.17, 15) is 9.59 Å². The third-order valence-corrected chi connectivity index (χ3v) is 5.49. The normalized spacial score (nSPS) is 16.2. The van der Waals surface area contributed by atoms with E-state index in [0.717, 1.165) is 24.9 Å². The van der Waals surface area contributed by atoms with E-state index in [4.69, 9.17) is 0 Å². The van der Waals surface area contributed by atoms with E-state index in [2.05, 4.69) is 15.6 Å². The highest BCUT2D eigenvalue weighted by molar-refractivity contribution is 7.18. The number of nitrogens with one attached hydrogen (secondary N) is 2. The van der Waals surface area contributed by atoms with Crippen LogP contribution in [0.15, 0.2) is 60.7 Å². The first kappa shape index (κ1) is 17.6. The van der Waals surface area contributed by atoms with Crippen LogP contribution < -0.4 is 10.6 Å². The summed E-state index contributed by atoms with van der Waals surface area (Å²) in [4.78, 5) is 30.6. The zero-order valence-corrected chi connectivity index (χ0v) is 15.5. The summed E-state index contributed by atoms with van der Waals surface area (Å²) in [7, 11) is 0. The number of thiazole rings is 1. The van der Waals surface area contributed by atoms with Crippen LogP contribution >= 0.6 is 11.3 Å². The van der Waals surface area contributed by atoms with Crippen LogP contribution in [0.1, 0.15) is 28.1 Å². The highest BCUT2D eigenvalue weighted by atomic mass is 32.1. The first-order valence-corrected chi connectivity index (χ1v) is 9.74. The van der Waals surface area contributed by atoms with Gasteiger partial charge in [-0.05, 0) is 19.4 Å². The van der Waals surface area contributed by atoms with E-state index in [0.29, 0.717) is 21.3 Å². The first-order chi connectivity index (χ1) is 13.2. The summed E-state index contributed by atoms with van der Waals surface area (Å²) < 4.78 is 0. The number of carbonyl (C=O) groups excluding carboxylic acids is 2. The molecule has 136 valence electrons. The third kappa shape index (κ3) is 3.82. The minimum Gasteiger partial charge on any atom is -0.306 e. The van der Waals surface area contributed by atoms with E-state index in [1.165, 1.54) is 11.3 Å². The van der Waals surface area contributed by atoms with Gasteiger partial charge in [-0.2, -0.15) is 0 Å². The van der Waals surface area contributed by atoms with Crippen molar-refractivity contribution in [2.75, 3.05) is 11.9 Å². The zero-order chi connectivity index (χ0) is 18.6. The maximum Gasteiger partial charge on any atom is 0.243 e. The lowest BCUT2D eigenvalue weighted by Gasteiger charge is -2.08. The molecule has 0 unspecified atom stereocenters. The van der Waals surface area contributed by atoms with Gasteiger partial charge in [0.1, 0.15) is 4.88 Å². The van der Waals surface area contributed by atoms with Crippen LogP contribution in [-0.4, -0.2) is 29.3 Å². The number of aromatic nitrogens is 1. The van der Waals surface area contributed by atoms with Crippen molar-refractivity contribution in [2.45, 2.75) is 18.9 Å². The number of carbonyl (C=O) groups is 2. The number of anilines is 1. The number of amides is 1. The molecule has 0 aliphatic carbocycles. The molecule has 0 saturated carbocycles. The molecule has 5 nitrogen and oxygen atoms in total. The second kappa shape index (κ2) is 7.82. The quantitative estimate of drug-likeness (QED) is 0.665. The summed E-state index contributed by atoms with van der Waals surface area (Å²) in [6, 6.07) is 18.5. The van der Waals surface area contributed by atoms with Crippen LogP contribution in [0, 0.1) is 0 Å². The molecule has 1 saturated heterocycles. The number of nitrogens with zero attached hydrogens (tertiary/aromatic N) is 1. The minimum absolute atomic E-state index is 0.0913. The van der Waals surface area contributed by atoms with Crippen molar-refractivity contribution in [3.63, 3.8) is 0 Å². The Labute approximate surface area is 161 Å². The molecule has 2 aromatic carbocycles. The Morgan fingerprint density at radius 2 is 1.74 bits per heavy atom. The van der Waals surface area contributed by atoms with E-state index < -0.39 is 0 Å². The molecule has 1 atom stereocenters. The van der Waals surface area contributed by atoms with Crippen molar-refractivity contribution in [3.05, 3.63) is 71.1 Å². The largest absolute Gasteiger partial charge is 0.306 e. The molecule has 0 spiro atoms.